The Balaban J connectivity index is 1.17. The Labute approximate surface area is 423 Å². The van der Waals surface area contributed by atoms with E-state index < -0.39 is 6.85 Å². The van der Waals surface area contributed by atoms with Crippen molar-refractivity contribution >= 4 is 106 Å². The van der Waals surface area contributed by atoms with Gasteiger partial charge in [-0.2, -0.15) is 0 Å². The number of fused-ring (bicyclic) bond motifs is 9. The summed E-state index contributed by atoms with van der Waals surface area (Å²) >= 11 is 1.81. The normalized spacial score (nSPS) is 18.5. The molecule has 2 aliphatic heterocycles. The minimum atomic E-state index is -2.40. The average molecular weight is 931 g/mol. The van der Waals surface area contributed by atoms with E-state index in [1.54, 1.807) is 0 Å². The summed E-state index contributed by atoms with van der Waals surface area (Å²) < 4.78 is 30.2. The van der Waals surface area contributed by atoms with Gasteiger partial charge in [0.05, 0.1) is 10.4 Å². The molecule has 70 heavy (non-hydrogen) atoms. The lowest BCUT2D eigenvalue weighted by molar-refractivity contribution is 0.332. The van der Waals surface area contributed by atoms with Crippen LogP contribution in [0.1, 0.15) is 113 Å². The fourth-order valence-electron chi connectivity index (χ4n) is 12.9. The van der Waals surface area contributed by atoms with E-state index in [-0.39, 0.29) is 28.4 Å². The Morgan fingerprint density at radius 2 is 1.03 bits per heavy atom. The third-order valence-electron chi connectivity index (χ3n) is 17.0. The Morgan fingerprint density at radius 3 is 1.70 bits per heavy atom. The van der Waals surface area contributed by atoms with Gasteiger partial charge < -0.3 is 14.7 Å². The van der Waals surface area contributed by atoms with Crippen molar-refractivity contribution in [3.05, 3.63) is 192 Å². The number of para-hydroxylation sites is 2. The fraction of sp³-hybridized carbons (Fsp3) is 0.262. The van der Waals surface area contributed by atoms with E-state index >= 15 is 0 Å². The summed E-state index contributed by atoms with van der Waals surface area (Å²) in [5.74, 6) is 0. The lowest BCUT2D eigenvalue weighted by Gasteiger charge is -2.48. The molecule has 5 heteroatoms. The summed E-state index contributed by atoms with van der Waals surface area (Å²) in [6.45, 7) is 16.7. The first-order chi connectivity index (χ1) is 34.8. The minimum absolute atomic E-state index is 0.0341. The topological polar surface area (TPSA) is 9.72 Å². The van der Waals surface area contributed by atoms with Gasteiger partial charge in [0, 0.05) is 65.1 Å². The van der Waals surface area contributed by atoms with Crippen molar-refractivity contribution in [1.82, 2.24) is 0 Å². The zero-order valence-corrected chi connectivity index (χ0v) is 42.6. The van der Waals surface area contributed by atoms with E-state index in [0.29, 0.717) is 5.56 Å². The van der Waals surface area contributed by atoms with Crippen molar-refractivity contribution in [3.8, 4) is 0 Å². The maximum Gasteiger partial charge on any atom is 0.252 e. The van der Waals surface area contributed by atoms with Gasteiger partial charge in [-0.15, -0.1) is 11.3 Å². The van der Waals surface area contributed by atoms with Crippen LogP contribution in [0.2, 0.25) is 0 Å². The molecule has 3 nitrogen and oxygen atoms in total. The lowest BCUT2D eigenvalue weighted by atomic mass is 9.33. The summed E-state index contributed by atoms with van der Waals surface area (Å²) in [4.78, 5) is 7.25. The van der Waals surface area contributed by atoms with Crippen LogP contribution in [0.25, 0.3) is 20.2 Å². The van der Waals surface area contributed by atoms with Crippen LogP contribution in [0.15, 0.2) is 164 Å². The van der Waals surface area contributed by atoms with E-state index in [1.165, 1.54) is 53.4 Å². The van der Waals surface area contributed by atoms with Gasteiger partial charge >= 0.3 is 0 Å². The Hall–Kier alpha value is -6.56. The highest BCUT2D eigenvalue weighted by Crippen LogP contribution is 2.54. The average Bonchev–Trinajstić information content (AvgIpc) is 3.77. The Bertz CT molecular complexity index is 3680. The summed E-state index contributed by atoms with van der Waals surface area (Å²) in [5.41, 5.74) is 18.6. The first-order valence-corrected chi connectivity index (χ1v) is 26.2. The maximum atomic E-state index is 9.28. The molecule has 0 saturated carbocycles. The van der Waals surface area contributed by atoms with Crippen LogP contribution in [-0.4, -0.2) is 6.71 Å². The molecule has 0 unspecified atom stereocenters. The SMILES string of the molecule is [2H]C([2H])([2H])c1cc2c3c(c1)N(c1cccc4c1sc1ccccc14)c1cc(N(c4ccccc4)c4ccccc4)ccc1B3c1cc3c(cc1N2c1ccc2c(c1)C(C)(C)CCC2(C)C)C(C)(C)CCC3(C)C. The number of hydrogen-bond donors (Lipinski definition) is 0. The molecule has 1 aromatic heterocycles. The molecule has 4 aliphatic rings. The van der Waals surface area contributed by atoms with Crippen molar-refractivity contribution in [2.24, 2.45) is 0 Å². The van der Waals surface area contributed by atoms with E-state index in [9.17, 15) is 4.11 Å². The highest BCUT2D eigenvalue weighted by Gasteiger charge is 2.47. The second kappa shape index (κ2) is 15.2. The molecule has 9 aromatic rings. The van der Waals surface area contributed by atoms with Crippen LogP contribution in [0.5, 0.6) is 0 Å². The Kier molecular flexibility index (Phi) is 8.74. The van der Waals surface area contributed by atoms with Crippen LogP contribution in [0.4, 0.5) is 51.2 Å². The van der Waals surface area contributed by atoms with Crippen LogP contribution in [0, 0.1) is 6.85 Å². The summed E-state index contributed by atoms with van der Waals surface area (Å²) in [6.07, 6.45) is 4.41. The molecule has 2 aliphatic carbocycles. The molecule has 0 radical (unpaired) electrons. The molecule has 0 bridgehead atoms. The smallest absolute Gasteiger partial charge is 0.252 e. The van der Waals surface area contributed by atoms with E-state index in [2.05, 4.69) is 222 Å². The number of nitrogens with zero attached hydrogens (tertiary/aromatic N) is 3. The highest BCUT2D eigenvalue weighted by atomic mass is 32.1. The third-order valence-corrected chi connectivity index (χ3v) is 18.2. The van der Waals surface area contributed by atoms with Gasteiger partial charge in [0.15, 0.2) is 0 Å². The van der Waals surface area contributed by atoms with Crippen LogP contribution >= 0.6 is 11.3 Å². The zero-order valence-electron chi connectivity index (χ0n) is 44.7. The standard InChI is InChI=1S/C65H62BN3S/c1-41-35-57-60-58(36-41)69(54-25-18-24-47-46-23-16-17-26-59(46)70-61(47)54)55-38-45(67(42-19-12-10-13-20-42)43-21-14-11-15-22-43)28-30-52(55)66(60)53-39-50-51(65(8,9)34-33-64(50,6)7)40-56(53)68(57)44-27-29-48-49(37-44)63(4,5)32-31-62(48,2)3/h10-30,35-40H,31-34H2,1-9H3/i1D3. The number of rotatable bonds is 5. The molecule has 0 saturated heterocycles. The Morgan fingerprint density at radius 1 is 0.457 bits per heavy atom. The summed E-state index contributed by atoms with van der Waals surface area (Å²) in [5, 5.41) is 2.41. The summed E-state index contributed by atoms with van der Waals surface area (Å²) in [7, 11) is 0. The summed E-state index contributed by atoms with van der Waals surface area (Å²) in [6, 6.07) is 60.0. The molecule has 0 fully saturated rings. The molecule has 346 valence electrons. The van der Waals surface area contributed by atoms with Gasteiger partial charge in [-0.05, 0) is 177 Å². The molecule has 8 aromatic carbocycles. The van der Waals surface area contributed by atoms with Gasteiger partial charge in [-0.1, -0.05) is 140 Å². The van der Waals surface area contributed by atoms with Crippen LogP contribution < -0.4 is 31.1 Å². The predicted octanol–water partition coefficient (Wildman–Crippen LogP) is 16.6. The lowest BCUT2D eigenvalue weighted by Crippen LogP contribution is -2.62. The van der Waals surface area contributed by atoms with Gasteiger partial charge in [0.25, 0.3) is 6.71 Å². The molecule has 0 N–H and O–H groups in total. The van der Waals surface area contributed by atoms with Crippen LogP contribution in [0.3, 0.4) is 0 Å². The molecule has 0 spiro atoms. The highest BCUT2D eigenvalue weighted by molar-refractivity contribution is 7.26. The monoisotopic (exact) mass is 930 g/mol. The van der Waals surface area contributed by atoms with Crippen LogP contribution in [-0.2, 0) is 21.7 Å². The number of benzene rings is 8. The van der Waals surface area contributed by atoms with Crippen molar-refractivity contribution in [1.29, 1.82) is 0 Å². The van der Waals surface area contributed by atoms with Crippen molar-refractivity contribution in [2.75, 3.05) is 14.7 Å². The molecule has 0 amide bonds. The van der Waals surface area contributed by atoms with E-state index in [4.69, 9.17) is 0 Å². The molecule has 3 heterocycles. The van der Waals surface area contributed by atoms with Gasteiger partial charge in [-0.25, -0.2) is 0 Å². The zero-order chi connectivity index (χ0) is 50.6. The van der Waals surface area contributed by atoms with Gasteiger partial charge in [0.2, 0.25) is 0 Å². The predicted molar refractivity (Wildman–Crippen MR) is 303 cm³/mol. The molecule has 0 atom stereocenters. The number of anilines is 9. The molecule has 13 rings (SSSR count). The van der Waals surface area contributed by atoms with Crippen molar-refractivity contribution in [2.45, 2.75) is 110 Å². The van der Waals surface area contributed by atoms with Crippen molar-refractivity contribution < 1.29 is 4.11 Å². The third kappa shape index (κ3) is 6.46. The first-order valence-electron chi connectivity index (χ1n) is 26.9. The van der Waals surface area contributed by atoms with E-state index in [1.807, 2.05) is 23.5 Å². The number of thiophene rings is 1. The number of aryl methyl sites for hydroxylation is 1. The van der Waals surface area contributed by atoms with E-state index in [0.717, 1.165) is 82.3 Å². The molecular weight excluding hydrogens is 866 g/mol. The fourth-order valence-corrected chi connectivity index (χ4v) is 14.1. The van der Waals surface area contributed by atoms with Crippen molar-refractivity contribution in [3.63, 3.8) is 0 Å². The minimum Gasteiger partial charge on any atom is -0.311 e. The first kappa shape index (κ1) is 40.2. The second-order valence-electron chi connectivity index (χ2n) is 23.3. The largest absolute Gasteiger partial charge is 0.311 e. The van der Waals surface area contributed by atoms with Gasteiger partial charge in [0.1, 0.15) is 0 Å². The number of hydrogen-bond acceptors (Lipinski definition) is 4. The maximum absolute atomic E-state index is 9.28. The quantitative estimate of drug-likeness (QED) is 0.159. The van der Waals surface area contributed by atoms with Gasteiger partial charge in [-0.3, -0.25) is 0 Å². The molecular formula is C65H62BN3S. The second-order valence-corrected chi connectivity index (χ2v) is 24.3.